The monoisotopic (exact) mass is 393 g/mol. The number of rotatable bonds is 9. The Labute approximate surface area is 171 Å². The van der Waals surface area contributed by atoms with Gasteiger partial charge in [-0.1, -0.05) is 30.3 Å². The molecule has 3 amide bonds. The van der Waals surface area contributed by atoms with Crippen molar-refractivity contribution in [1.29, 1.82) is 0 Å². The molecule has 1 saturated carbocycles. The lowest BCUT2D eigenvalue weighted by atomic mass is 10.1. The first kappa shape index (κ1) is 20.6. The quantitative estimate of drug-likeness (QED) is 0.571. The lowest BCUT2D eigenvalue weighted by Crippen LogP contribution is -2.29. The molecule has 0 heterocycles. The molecule has 6 heteroatoms. The Morgan fingerprint density at radius 2 is 1.79 bits per heavy atom. The highest BCUT2D eigenvalue weighted by Gasteiger charge is 2.29. The largest absolute Gasteiger partial charge is 0.356 e. The molecule has 2 aromatic carbocycles. The summed E-state index contributed by atoms with van der Waals surface area (Å²) >= 11 is 0. The molecule has 3 N–H and O–H groups in total. The smallest absolute Gasteiger partial charge is 0.255 e. The van der Waals surface area contributed by atoms with E-state index in [0.29, 0.717) is 30.6 Å². The maximum atomic E-state index is 12.3. The number of nitrogens with one attached hydrogen (secondary N) is 3. The van der Waals surface area contributed by atoms with E-state index >= 15 is 0 Å². The van der Waals surface area contributed by atoms with Crippen LogP contribution >= 0.6 is 0 Å². The van der Waals surface area contributed by atoms with Gasteiger partial charge in [-0.15, -0.1) is 0 Å². The van der Waals surface area contributed by atoms with Crippen molar-refractivity contribution in [1.82, 2.24) is 10.6 Å². The van der Waals surface area contributed by atoms with Crippen molar-refractivity contribution in [3.05, 3.63) is 65.7 Å². The fourth-order valence-corrected chi connectivity index (χ4v) is 3.03. The first-order chi connectivity index (χ1) is 14.0. The molecule has 1 fully saturated rings. The van der Waals surface area contributed by atoms with E-state index in [1.165, 1.54) is 0 Å². The highest BCUT2D eigenvalue weighted by Crippen LogP contribution is 2.28. The fourth-order valence-electron chi connectivity index (χ4n) is 3.03. The summed E-state index contributed by atoms with van der Waals surface area (Å²) in [7, 11) is 0. The van der Waals surface area contributed by atoms with E-state index in [1.807, 2.05) is 49.4 Å². The molecule has 0 bridgehead atoms. The van der Waals surface area contributed by atoms with Crippen LogP contribution in [0.4, 0.5) is 5.69 Å². The summed E-state index contributed by atoms with van der Waals surface area (Å²) in [6.07, 6.45) is 2.94. The van der Waals surface area contributed by atoms with Gasteiger partial charge in [0.2, 0.25) is 11.8 Å². The van der Waals surface area contributed by atoms with E-state index in [1.54, 1.807) is 12.1 Å². The minimum Gasteiger partial charge on any atom is -0.356 e. The van der Waals surface area contributed by atoms with Gasteiger partial charge in [0.05, 0.1) is 6.04 Å². The molecule has 0 spiro atoms. The standard InChI is InChI=1S/C23H27N3O3/c1-16(25-21(27)11-6-14-24-22(28)18-12-13-18)19-9-5-10-20(15-19)26-23(29)17-7-3-2-4-8-17/h2-5,7-10,15-16,18H,6,11-14H2,1H3,(H,24,28)(H,25,27)(H,26,29). The molecule has 1 unspecified atom stereocenters. The highest BCUT2D eigenvalue weighted by atomic mass is 16.2. The van der Waals surface area contributed by atoms with Crippen LogP contribution in [0.3, 0.4) is 0 Å². The zero-order chi connectivity index (χ0) is 20.6. The number of carbonyl (C=O) groups is 3. The van der Waals surface area contributed by atoms with E-state index < -0.39 is 0 Å². The molecule has 1 aliphatic carbocycles. The highest BCUT2D eigenvalue weighted by molar-refractivity contribution is 6.04. The van der Waals surface area contributed by atoms with Gasteiger partial charge in [0, 0.05) is 30.1 Å². The zero-order valence-electron chi connectivity index (χ0n) is 16.6. The van der Waals surface area contributed by atoms with Crippen LogP contribution in [0, 0.1) is 5.92 Å². The summed E-state index contributed by atoms with van der Waals surface area (Å²) < 4.78 is 0. The molecule has 1 aliphatic rings. The second-order valence-electron chi connectivity index (χ2n) is 7.40. The van der Waals surface area contributed by atoms with Crippen LogP contribution in [0.5, 0.6) is 0 Å². The molecule has 6 nitrogen and oxygen atoms in total. The van der Waals surface area contributed by atoms with Gasteiger partial charge >= 0.3 is 0 Å². The summed E-state index contributed by atoms with van der Waals surface area (Å²) in [6, 6.07) is 16.3. The minimum atomic E-state index is -0.183. The van der Waals surface area contributed by atoms with Crippen molar-refractivity contribution in [2.75, 3.05) is 11.9 Å². The summed E-state index contributed by atoms with van der Waals surface area (Å²) in [5.74, 6) is 0.0660. The summed E-state index contributed by atoms with van der Waals surface area (Å²) in [5.41, 5.74) is 2.18. The number of benzene rings is 2. The third kappa shape index (κ3) is 6.45. The molecular formula is C23H27N3O3. The van der Waals surface area contributed by atoms with Crippen molar-refractivity contribution in [2.45, 2.75) is 38.6 Å². The van der Waals surface area contributed by atoms with Gasteiger partial charge < -0.3 is 16.0 Å². The van der Waals surface area contributed by atoms with Crippen molar-refractivity contribution in [3.8, 4) is 0 Å². The molecule has 0 aromatic heterocycles. The molecule has 0 saturated heterocycles. The normalized spacial score (nSPS) is 14.0. The van der Waals surface area contributed by atoms with E-state index in [9.17, 15) is 14.4 Å². The van der Waals surface area contributed by atoms with Crippen molar-refractivity contribution < 1.29 is 14.4 Å². The molecule has 1 atom stereocenters. The van der Waals surface area contributed by atoms with Crippen molar-refractivity contribution >= 4 is 23.4 Å². The minimum absolute atomic E-state index is 0.0584. The summed E-state index contributed by atoms with van der Waals surface area (Å²) in [6.45, 7) is 2.43. The Balaban J connectivity index is 1.45. The average Bonchev–Trinajstić information content (AvgIpc) is 3.57. The van der Waals surface area contributed by atoms with Gasteiger partial charge in [0.25, 0.3) is 5.91 Å². The second-order valence-corrected chi connectivity index (χ2v) is 7.40. The van der Waals surface area contributed by atoms with Crippen LogP contribution in [-0.4, -0.2) is 24.3 Å². The van der Waals surface area contributed by atoms with Crippen molar-refractivity contribution in [2.24, 2.45) is 5.92 Å². The van der Waals surface area contributed by atoms with Gasteiger partial charge in [-0.2, -0.15) is 0 Å². The average molecular weight is 393 g/mol. The third-order valence-electron chi connectivity index (χ3n) is 4.89. The third-order valence-corrected chi connectivity index (χ3v) is 4.89. The predicted octanol–water partition coefficient (Wildman–Crippen LogP) is 3.42. The molecule has 29 heavy (non-hydrogen) atoms. The predicted molar refractivity (Wildman–Crippen MR) is 112 cm³/mol. The first-order valence-electron chi connectivity index (χ1n) is 10.1. The fraction of sp³-hybridized carbons (Fsp3) is 0.348. The van der Waals surface area contributed by atoms with Crippen LogP contribution in [0.1, 0.15) is 54.6 Å². The lowest BCUT2D eigenvalue weighted by molar-refractivity contribution is -0.123. The van der Waals surface area contributed by atoms with Crippen LogP contribution in [-0.2, 0) is 9.59 Å². The Morgan fingerprint density at radius 1 is 1.03 bits per heavy atom. The van der Waals surface area contributed by atoms with Gasteiger partial charge in [0.1, 0.15) is 0 Å². The maximum Gasteiger partial charge on any atom is 0.255 e. The van der Waals surface area contributed by atoms with Gasteiger partial charge in [-0.3, -0.25) is 14.4 Å². The number of hydrogen-bond acceptors (Lipinski definition) is 3. The van der Waals surface area contributed by atoms with Crippen molar-refractivity contribution in [3.63, 3.8) is 0 Å². The van der Waals surface area contributed by atoms with Gasteiger partial charge in [-0.25, -0.2) is 0 Å². The van der Waals surface area contributed by atoms with Crippen LogP contribution in [0.2, 0.25) is 0 Å². The molecule has 0 aliphatic heterocycles. The Morgan fingerprint density at radius 3 is 2.52 bits per heavy atom. The molecular weight excluding hydrogens is 366 g/mol. The molecule has 2 aromatic rings. The second kappa shape index (κ2) is 9.87. The Hall–Kier alpha value is -3.15. The topological polar surface area (TPSA) is 87.3 Å². The summed E-state index contributed by atoms with van der Waals surface area (Å²) in [5, 5.41) is 8.71. The van der Waals surface area contributed by atoms with E-state index in [2.05, 4.69) is 16.0 Å². The maximum absolute atomic E-state index is 12.3. The number of carbonyl (C=O) groups excluding carboxylic acids is 3. The zero-order valence-corrected chi connectivity index (χ0v) is 16.6. The molecule has 152 valence electrons. The van der Waals surface area contributed by atoms with E-state index in [-0.39, 0.29) is 29.7 Å². The lowest BCUT2D eigenvalue weighted by Gasteiger charge is -2.16. The molecule has 3 rings (SSSR count). The SMILES string of the molecule is CC(NC(=O)CCCNC(=O)C1CC1)c1cccc(NC(=O)c2ccccc2)c1. The number of hydrogen-bond donors (Lipinski definition) is 3. The van der Waals surface area contributed by atoms with E-state index in [0.717, 1.165) is 18.4 Å². The number of amides is 3. The van der Waals surface area contributed by atoms with Crippen LogP contribution in [0.15, 0.2) is 54.6 Å². The van der Waals surface area contributed by atoms with Crippen LogP contribution in [0.25, 0.3) is 0 Å². The van der Waals surface area contributed by atoms with E-state index in [4.69, 9.17) is 0 Å². The Bertz CT molecular complexity index is 863. The first-order valence-corrected chi connectivity index (χ1v) is 10.1. The summed E-state index contributed by atoms with van der Waals surface area (Å²) in [4.78, 5) is 36.0. The van der Waals surface area contributed by atoms with Gasteiger partial charge in [-0.05, 0) is 56.0 Å². The number of anilines is 1. The molecule has 0 radical (unpaired) electrons. The van der Waals surface area contributed by atoms with Crippen LogP contribution < -0.4 is 16.0 Å². The Kier molecular flexibility index (Phi) is 7.00. The van der Waals surface area contributed by atoms with Gasteiger partial charge in [0.15, 0.2) is 0 Å².